The van der Waals surface area contributed by atoms with Gasteiger partial charge in [0, 0.05) is 5.56 Å². The first-order chi connectivity index (χ1) is 9.10. The SMILES string of the molecule is CCCOc1c(/C=C/C(=O)C(=O)O)cccc1OC. The topological polar surface area (TPSA) is 72.8 Å². The van der Waals surface area contributed by atoms with Crippen molar-refractivity contribution >= 4 is 17.8 Å². The van der Waals surface area contributed by atoms with E-state index in [0.29, 0.717) is 23.7 Å². The molecule has 1 rings (SSSR count). The summed E-state index contributed by atoms with van der Waals surface area (Å²) >= 11 is 0. The van der Waals surface area contributed by atoms with Gasteiger partial charge in [-0.25, -0.2) is 4.79 Å². The number of para-hydroxylation sites is 1. The maximum atomic E-state index is 11.0. The fourth-order valence-electron chi connectivity index (χ4n) is 1.42. The molecule has 0 bridgehead atoms. The van der Waals surface area contributed by atoms with Crippen LogP contribution in [0.25, 0.3) is 6.08 Å². The first kappa shape index (κ1) is 14.8. The number of benzene rings is 1. The number of hydrogen-bond acceptors (Lipinski definition) is 4. The molecule has 0 saturated heterocycles. The molecule has 5 nitrogen and oxygen atoms in total. The maximum Gasteiger partial charge on any atom is 0.376 e. The first-order valence-corrected chi connectivity index (χ1v) is 5.85. The zero-order chi connectivity index (χ0) is 14.3. The molecule has 0 radical (unpaired) electrons. The van der Waals surface area contributed by atoms with Crippen LogP contribution in [0, 0.1) is 0 Å². The van der Waals surface area contributed by atoms with Crippen LogP contribution in [-0.4, -0.2) is 30.6 Å². The van der Waals surface area contributed by atoms with Crippen molar-refractivity contribution < 1.29 is 24.2 Å². The molecule has 0 saturated carbocycles. The molecule has 1 aromatic rings. The summed E-state index contributed by atoms with van der Waals surface area (Å²) in [5.74, 6) is -1.43. The van der Waals surface area contributed by atoms with Crippen molar-refractivity contribution in [3.63, 3.8) is 0 Å². The Kier molecular flexibility index (Phi) is 5.60. The van der Waals surface area contributed by atoms with Gasteiger partial charge in [-0.05, 0) is 24.6 Å². The maximum absolute atomic E-state index is 11.0. The van der Waals surface area contributed by atoms with Gasteiger partial charge in [0.05, 0.1) is 13.7 Å². The Morgan fingerprint density at radius 2 is 2.11 bits per heavy atom. The van der Waals surface area contributed by atoms with E-state index in [4.69, 9.17) is 14.6 Å². The molecule has 0 atom stereocenters. The van der Waals surface area contributed by atoms with Crippen LogP contribution in [-0.2, 0) is 9.59 Å². The lowest BCUT2D eigenvalue weighted by atomic mass is 10.1. The van der Waals surface area contributed by atoms with Crippen LogP contribution in [0.1, 0.15) is 18.9 Å². The molecular formula is C14H16O5. The summed E-state index contributed by atoms with van der Waals surface area (Å²) in [6.07, 6.45) is 3.23. The van der Waals surface area contributed by atoms with E-state index in [0.717, 1.165) is 12.5 Å². The van der Waals surface area contributed by atoms with Gasteiger partial charge in [-0.1, -0.05) is 19.1 Å². The van der Waals surface area contributed by atoms with Gasteiger partial charge in [0.1, 0.15) is 0 Å². The van der Waals surface area contributed by atoms with E-state index in [2.05, 4.69) is 0 Å². The lowest BCUT2D eigenvalue weighted by molar-refractivity contribution is -0.146. The minimum absolute atomic E-state index is 0.501. The number of hydrogen-bond donors (Lipinski definition) is 1. The van der Waals surface area contributed by atoms with Crippen molar-refractivity contribution in [2.24, 2.45) is 0 Å². The van der Waals surface area contributed by atoms with Crippen LogP contribution in [0.2, 0.25) is 0 Å². The monoisotopic (exact) mass is 264 g/mol. The average Bonchev–Trinajstić information content (AvgIpc) is 2.42. The van der Waals surface area contributed by atoms with Gasteiger partial charge in [0.25, 0.3) is 5.78 Å². The van der Waals surface area contributed by atoms with Gasteiger partial charge in [0.2, 0.25) is 0 Å². The van der Waals surface area contributed by atoms with Crippen molar-refractivity contribution in [3.8, 4) is 11.5 Å². The molecule has 1 N–H and O–H groups in total. The Labute approximate surface area is 111 Å². The largest absolute Gasteiger partial charge is 0.493 e. The van der Waals surface area contributed by atoms with Crippen molar-refractivity contribution in [3.05, 3.63) is 29.8 Å². The van der Waals surface area contributed by atoms with E-state index in [9.17, 15) is 9.59 Å². The number of carboxylic acid groups (broad SMARTS) is 1. The number of methoxy groups -OCH3 is 1. The van der Waals surface area contributed by atoms with E-state index in [1.54, 1.807) is 18.2 Å². The van der Waals surface area contributed by atoms with Crippen LogP contribution in [0.15, 0.2) is 24.3 Å². The second-order valence-corrected chi connectivity index (χ2v) is 3.73. The highest BCUT2D eigenvalue weighted by Gasteiger charge is 2.10. The van der Waals surface area contributed by atoms with Gasteiger partial charge in [0.15, 0.2) is 11.5 Å². The zero-order valence-electron chi connectivity index (χ0n) is 10.9. The van der Waals surface area contributed by atoms with Crippen molar-refractivity contribution in [2.45, 2.75) is 13.3 Å². The number of aliphatic carboxylic acids is 1. The van der Waals surface area contributed by atoms with Crippen molar-refractivity contribution in [1.82, 2.24) is 0 Å². The molecule has 0 aliphatic heterocycles. The summed E-state index contributed by atoms with van der Waals surface area (Å²) in [5, 5.41) is 8.51. The van der Waals surface area contributed by atoms with E-state index in [1.165, 1.54) is 13.2 Å². The fourth-order valence-corrected chi connectivity index (χ4v) is 1.42. The highest BCUT2D eigenvalue weighted by molar-refractivity contribution is 6.38. The van der Waals surface area contributed by atoms with E-state index >= 15 is 0 Å². The standard InChI is InChI=1S/C14H16O5/c1-3-9-19-13-10(5-4-6-12(13)18-2)7-8-11(15)14(16)17/h4-8H,3,9H2,1-2H3,(H,16,17)/b8-7+. The molecule has 0 aromatic heterocycles. The highest BCUT2D eigenvalue weighted by atomic mass is 16.5. The molecule has 19 heavy (non-hydrogen) atoms. The smallest absolute Gasteiger partial charge is 0.376 e. The number of ether oxygens (including phenoxy) is 2. The predicted octanol–water partition coefficient (Wildman–Crippen LogP) is 2.15. The summed E-state index contributed by atoms with van der Waals surface area (Å²) < 4.78 is 10.7. The number of carbonyl (C=O) groups is 2. The van der Waals surface area contributed by atoms with Crippen molar-refractivity contribution in [1.29, 1.82) is 0 Å². The van der Waals surface area contributed by atoms with Gasteiger partial charge in [-0.3, -0.25) is 4.79 Å². The Morgan fingerprint density at radius 3 is 2.68 bits per heavy atom. The minimum atomic E-state index is -1.49. The van der Waals surface area contributed by atoms with Gasteiger partial charge < -0.3 is 14.6 Å². The third-order valence-corrected chi connectivity index (χ3v) is 2.30. The van der Waals surface area contributed by atoms with E-state index in [-0.39, 0.29) is 0 Å². The summed E-state index contributed by atoms with van der Waals surface area (Å²) in [4.78, 5) is 21.5. The molecular weight excluding hydrogens is 248 g/mol. The molecule has 1 aromatic carbocycles. The van der Waals surface area contributed by atoms with Gasteiger partial charge in [-0.15, -0.1) is 0 Å². The molecule has 0 heterocycles. The molecule has 0 aliphatic carbocycles. The fraction of sp³-hybridized carbons (Fsp3) is 0.286. The minimum Gasteiger partial charge on any atom is -0.493 e. The Balaban J connectivity index is 3.05. The van der Waals surface area contributed by atoms with Crippen LogP contribution >= 0.6 is 0 Å². The van der Waals surface area contributed by atoms with Gasteiger partial charge in [-0.2, -0.15) is 0 Å². The average molecular weight is 264 g/mol. The molecule has 102 valence electrons. The third-order valence-electron chi connectivity index (χ3n) is 2.30. The number of carbonyl (C=O) groups excluding carboxylic acids is 1. The second kappa shape index (κ2) is 7.20. The first-order valence-electron chi connectivity index (χ1n) is 5.85. The van der Waals surface area contributed by atoms with Crippen molar-refractivity contribution in [2.75, 3.05) is 13.7 Å². The normalized spacial score (nSPS) is 10.4. The molecule has 0 spiro atoms. The Bertz CT molecular complexity index is 491. The quantitative estimate of drug-likeness (QED) is 0.603. The molecule has 0 fully saturated rings. The van der Waals surface area contributed by atoms with Crippen LogP contribution in [0.4, 0.5) is 0 Å². The van der Waals surface area contributed by atoms with Gasteiger partial charge >= 0.3 is 5.97 Å². The predicted molar refractivity (Wildman–Crippen MR) is 70.5 cm³/mol. The summed E-state index contributed by atoms with van der Waals surface area (Å²) in [6.45, 7) is 2.48. The third kappa shape index (κ3) is 4.13. The van der Waals surface area contributed by atoms with Crippen LogP contribution in [0.5, 0.6) is 11.5 Å². The summed E-state index contributed by atoms with van der Waals surface area (Å²) in [7, 11) is 1.52. The van der Waals surface area contributed by atoms with Crippen LogP contribution in [0.3, 0.4) is 0 Å². The number of carboxylic acids is 1. The van der Waals surface area contributed by atoms with E-state index < -0.39 is 11.8 Å². The Morgan fingerprint density at radius 1 is 1.37 bits per heavy atom. The second-order valence-electron chi connectivity index (χ2n) is 3.73. The summed E-state index contributed by atoms with van der Waals surface area (Å²) in [6, 6.07) is 5.20. The molecule has 0 amide bonds. The summed E-state index contributed by atoms with van der Waals surface area (Å²) in [5.41, 5.74) is 0.599. The lowest BCUT2D eigenvalue weighted by Gasteiger charge is -2.12. The molecule has 5 heteroatoms. The number of rotatable bonds is 7. The van der Waals surface area contributed by atoms with Crippen LogP contribution < -0.4 is 9.47 Å². The molecule has 0 unspecified atom stereocenters. The molecule has 0 aliphatic rings. The van der Waals surface area contributed by atoms with E-state index in [1.807, 2.05) is 6.92 Å². The lowest BCUT2D eigenvalue weighted by Crippen LogP contribution is -2.08. The zero-order valence-corrected chi connectivity index (χ0v) is 10.9. The highest BCUT2D eigenvalue weighted by Crippen LogP contribution is 2.32. The Hall–Kier alpha value is -2.30. The number of ketones is 1.